The van der Waals surface area contributed by atoms with Crippen LogP contribution in [0.15, 0.2) is 11.6 Å². The highest BCUT2D eigenvalue weighted by Crippen LogP contribution is 2.67. The maximum absolute atomic E-state index is 10.6. The van der Waals surface area contributed by atoms with Gasteiger partial charge in [0.25, 0.3) is 0 Å². The van der Waals surface area contributed by atoms with Crippen molar-refractivity contribution in [3.05, 3.63) is 11.6 Å². The summed E-state index contributed by atoms with van der Waals surface area (Å²) in [7, 11) is 3.99. The lowest BCUT2D eigenvalue weighted by Gasteiger charge is -2.58. The summed E-state index contributed by atoms with van der Waals surface area (Å²) >= 11 is 0. The van der Waals surface area contributed by atoms with E-state index in [9.17, 15) is 4.79 Å². The molecule has 0 spiro atoms. The second-order valence-electron chi connectivity index (χ2n) is 12.5. The zero-order chi connectivity index (χ0) is 22.8. The third kappa shape index (κ3) is 5.05. The fourth-order valence-electron chi connectivity index (χ4n) is 8.48. The molecule has 3 fully saturated rings. The Balaban J connectivity index is 1.37. The van der Waals surface area contributed by atoms with Crippen LogP contribution in [0.2, 0.25) is 0 Å². The summed E-state index contributed by atoms with van der Waals surface area (Å²) in [5.41, 5.74) is 2.91. The molecule has 0 amide bonds. The van der Waals surface area contributed by atoms with E-state index in [-0.39, 0.29) is 0 Å². The quantitative estimate of drug-likeness (QED) is 0.135. The third-order valence-electron chi connectivity index (χ3n) is 10.4. The van der Waals surface area contributed by atoms with E-state index >= 15 is 0 Å². The first kappa shape index (κ1) is 25.2. The maximum Gasteiger partial charge on any atom is 0.120 e. The van der Waals surface area contributed by atoms with E-state index in [0.717, 1.165) is 46.9 Å². The second kappa shape index (κ2) is 10.8. The van der Waals surface area contributed by atoms with Gasteiger partial charge in [-0.1, -0.05) is 80.2 Å². The Morgan fingerprint density at radius 1 is 1.09 bits per heavy atom. The zero-order valence-electron chi connectivity index (χ0n) is 21.2. The highest BCUT2D eigenvalue weighted by atomic mass is 33.1. The molecular weight excluding hydrogens is 428 g/mol. The average Bonchev–Trinajstić information content (AvgIpc) is 3.10. The third-order valence-corrected chi connectivity index (χ3v) is 13.3. The van der Waals surface area contributed by atoms with Crippen LogP contribution < -0.4 is 0 Å². The number of rotatable bonds is 10. The number of allylic oxidation sites excluding steroid dienone is 2. The van der Waals surface area contributed by atoms with Gasteiger partial charge in [0.05, 0.1) is 0 Å². The van der Waals surface area contributed by atoms with Crippen LogP contribution in [-0.4, -0.2) is 17.3 Å². The summed E-state index contributed by atoms with van der Waals surface area (Å²) in [6.45, 7) is 10.1. The minimum absolute atomic E-state index is 0.476. The fourth-order valence-corrected chi connectivity index (χ4v) is 11.1. The summed E-state index contributed by atoms with van der Waals surface area (Å²) in [6.07, 6.45) is 21.8. The van der Waals surface area contributed by atoms with Gasteiger partial charge >= 0.3 is 0 Å². The number of hydrogen-bond donors (Lipinski definition) is 0. The van der Waals surface area contributed by atoms with Crippen molar-refractivity contribution in [2.75, 3.05) is 5.75 Å². The van der Waals surface area contributed by atoms with Crippen molar-refractivity contribution in [1.29, 1.82) is 0 Å². The average molecular weight is 477 g/mol. The first-order valence-electron chi connectivity index (χ1n) is 13.8. The minimum Gasteiger partial charge on any atom is -0.303 e. The lowest BCUT2D eigenvalue weighted by Crippen LogP contribution is -2.50. The first-order chi connectivity index (χ1) is 15.4. The first-order valence-corrected chi connectivity index (χ1v) is 16.2. The van der Waals surface area contributed by atoms with Crippen LogP contribution in [-0.2, 0) is 4.79 Å². The Hall–Kier alpha value is 0.110. The van der Waals surface area contributed by atoms with Crippen LogP contribution in [0.5, 0.6) is 0 Å². The van der Waals surface area contributed by atoms with E-state index in [4.69, 9.17) is 0 Å². The molecule has 0 aromatic heterocycles. The number of aldehydes is 1. The molecule has 0 radical (unpaired) electrons. The van der Waals surface area contributed by atoms with Gasteiger partial charge in [-0.3, -0.25) is 0 Å². The van der Waals surface area contributed by atoms with E-state index in [2.05, 4.69) is 44.6 Å². The molecule has 182 valence electrons. The molecule has 0 saturated heterocycles. The van der Waals surface area contributed by atoms with Gasteiger partial charge in [-0.05, 0) is 98.2 Å². The monoisotopic (exact) mass is 476 g/mol. The Labute approximate surface area is 206 Å². The van der Waals surface area contributed by atoms with Crippen LogP contribution >= 0.6 is 21.6 Å². The maximum atomic E-state index is 10.6. The molecule has 4 rings (SSSR count). The van der Waals surface area contributed by atoms with Gasteiger partial charge in [0.1, 0.15) is 6.29 Å². The van der Waals surface area contributed by atoms with Crippen LogP contribution in [0.1, 0.15) is 111 Å². The van der Waals surface area contributed by atoms with Gasteiger partial charge in [0.15, 0.2) is 0 Å². The van der Waals surface area contributed by atoms with Gasteiger partial charge in [-0.15, -0.1) is 0 Å². The second-order valence-corrected chi connectivity index (χ2v) is 15.3. The molecular formula is C29H48OS2. The molecule has 4 aliphatic rings. The van der Waals surface area contributed by atoms with Gasteiger partial charge in [-0.25, -0.2) is 0 Å². The highest BCUT2D eigenvalue weighted by molar-refractivity contribution is 8.76. The van der Waals surface area contributed by atoms with E-state index in [1.165, 1.54) is 77.0 Å². The van der Waals surface area contributed by atoms with Crippen molar-refractivity contribution < 1.29 is 4.79 Å². The largest absolute Gasteiger partial charge is 0.303 e. The van der Waals surface area contributed by atoms with Crippen molar-refractivity contribution in [2.24, 2.45) is 40.4 Å². The summed E-state index contributed by atoms with van der Waals surface area (Å²) in [4.78, 5) is 10.6. The van der Waals surface area contributed by atoms with E-state index in [0.29, 0.717) is 17.3 Å². The molecule has 4 aliphatic carbocycles. The lowest BCUT2D eigenvalue weighted by atomic mass is 9.47. The Bertz CT molecular complexity index is 672. The molecule has 32 heavy (non-hydrogen) atoms. The summed E-state index contributed by atoms with van der Waals surface area (Å²) in [5.74, 6) is 5.71. The Morgan fingerprint density at radius 2 is 1.94 bits per heavy atom. The number of unbranched alkanes of at least 4 members (excludes halogenated alkanes) is 1. The number of carbonyl (C=O) groups excluding carboxylic acids is 1. The predicted molar refractivity (Wildman–Crippen MR) is 143 cm³/mol. The van der Waals surface area contributed by atoms with Crippen molar-refractivity contribution in [2.45, 2.75) is 116 Å². The molecule has 0 N–H and O–H groups in total. The molecule has 7 unspecified atom stereocenters. The molecule has 3 saturated carbocycles. The molecule has 0 heterocycles. The molecule has 0 bridgehead atoms. The zero-order valence-corrected chi connectivity index (χ0v) is 22.9. The summed E-state index contributed by atoms with van der Waals surface area (Å²) < 4.78 is 0. The van der Waals surface area contributed by atoms with Gasteiger partial charge in [0, 0.05) is 17.4 Å². The highest BCUT2D eigenvalue weighted by Gasteiger charge is 2.58. The van der Waals surface area contributed by atoms with Gasteiger partial charge in [0.2, 0.25) is 0 Å². The van der Waals surface area contributed by atoms with Crippen LogP contribution in [0.4, 0.5) is 0 Å². The van der Waals surface area contributed by atoms with E-state index < -0.39 is 0 Å². The van der Waals surface area contributed by atoms with Crippen molar-refractivity contribution >= 4 is 27.9 Å². The molecule has 0 aromatic rings. The molecule has 7 atom stereocenters. The van der Waals surface area contributed by atoms with E-state index in [1.807, 2.05) is 16.4 Å². The standard InChI is InChI=1S/C29H48OS2/c1-21(2)8-5-6-9-22-11-13-26-25-12-10-23-20-24(32-31-19-7-18-30)14-16-29(23,4)27(25)15-17-28(22,26)3/h10,18,21-22,24-27H,5-9,11-17,19-20H2,1-4H3. The minimum atomic E-state index is 0.476. The molecule has 0 aliphatic heterocycles. The molecule has 1 nitrogen and oxygen atoms in total. The fraction of sp³-hybridized carbons (Fsp3) is 0.897. The lowest BCUT2D eigenvalue weighted by molar-refractivity contribution is -0.107. The molecule has 3 heteroatoms. The van der Waals surface area contributed by atoms with Gasteiger partial charge < -0.3 is 4.79 Å². The normalized spacial score (nSPS) is 41.0. The van der Waals surface area contributed by atoms with Crippen LogP contribution in [0.25, 0.3) is 0 Å². The van der Waals surface area contributed by atoms with Crippen LogP contribution in [0, 0.1) is 40.4 Å². The number of hydrogen-bond acceptors (Lipinski definition) is 3. The molecule has 0 aromatic carbocycles. The number of fused-ring (bicyclic) bond motifs is 5. The SMILES string of the molecule is CC(C)CCCCC1CCC2C3CC=C4CC(SSCCC=O)CCC4(C)C3CCC12C. The summed E-state index contributed by atoms with van der Waals surface area (Å²) in [6, 6.07) is 0. The summed E-state index contributed by atoms with van der Waals surface area (Å²) in [5, 5.41) is 0.762. The van der Waals surface area contributed by atoms with Crippen molar-refractivity contribution in [1.82, 2.24) is 0 Å². The van der Waals surface area contributed by atoms with Gasteiger partial charge in [-0.2, -0.15) is 0 Å². The van der Waals surface area contributed by atoms with Crippen molar-refractivity contribution in [3.63, 3.8) is 0 Å². The smallest absolute Gasteiger partial charge is 0.120 e. The van der Waals surface area contributed by atoms with E-state index in [1.54, 1.807) is 0 Å². The number of carbonyl (C=O) groups is 1. The predicted octanol–water partition coefficient (Wildman–Crippen LogP) is 9.12. The Kier molecular flexibility index (Phi) is 8.51. The Morgan fingerprint density at radius 3 is 2.72 bits per heavy atom. The van der Waals surface area contributed by atoms with Crippen LogP contribution in [0.3, 0.4) is 0 Å². The van der Waals surface area contributed by atoms with Crippen molar-refractivity contribution in [3.8, 4) is 0 Å². The topological polar surface area (TPSA) is 17.1 Å².